The average Bonchev–Trinajstić information content (AvgIpc) is 2.46. The van der Waals surface area contributed by atoms with Gasteiger partial charge >= 0.3 is 16.1 Å². The number of methoxy groups -OCH3 is 1. The van der Waals surface area contributed by atoms with Crippen LogP contribution in [0.4, 0.5) is 0 Å². The van der Waals surface area contributed by atoms with Crippen LogP contribution in [0.15, 0.2) is 47.5 Å². The number of hydrogen-bond acceptors (Lipinski definition) is 6. The predicted octanol–water partition coefficient (Wildman–Crippen LogP) is 1.94. The van der Waals surface area contributed by atoms with Crippen molar-refractivity contribution < 1.29 is 22.1 Å². The highest BCUT2D eigenvalue weighted by Crippen LogP contribution is 2.18. The Balaban J connectivity index is 2.28. The molecule has 0 amide bonds. The minimum Gasteiger partial charge on any atom is -0.465 e. The lowest BCUT2D eigenvalue weighted by Gasteiger charge is -2.07. The van der Waals surface area contributed by atoms with Gasteiger partial charge in [-0.25, -0.2) is 9.78 Å². The van der Waals surface area contributed by atoms with Crippen LogP contribution in [0, 0.1) is 6.92 Å². The first-order valence-corrected chi connectivity index (χ1v) is 7.39. The molecule has 2 rings (SSSR count). The van der Waals surface area contributed by atoms with E-state index in [0.29, 0.717) is 0 Å². The van der Waals surface area contributed by atoms with Gasteiger partial charge in [-0.1, -0.05) is 17.7 Å². The first-order chi connectivity index (χ1) is 9.92. The molecular formula is C14H13NO5S. The van der Waals surface area contributed by atoms with E-state index in [-0.39, 0.29) is 16.3 Å². The minimum atomic E-state index is -3.99. The van der Waals surface area contributed by atoms with Gasteiger partial charge in [-0.15, -0.1) is 0 Å². The molecule has 6 nitrogen and oxygen atoms in total. The molecule has 1 aromatic heterocycles. The Labute approximate surface area is 122 Å². The van der Waals surface area contributed by atoms with Crippen LogP contribution in [-0.4, -0.2) is 26.5 Å². The zero-order chi connectivity index (χ0) is 15.5. The molecule has 1 heterocycles. The van der Waals surface area contributed by atoms with E-state index in [2.05, 4.69) is 9.72 Å². The largest absolute Gasteiger partial charge is 0.465 e. The summed E-state index contributed by atoms with van der Waals surface area (Å²) in [6.45, 7) is 1.85. The highest BCUT2D eigenvalue weighted by atomic mass is 32.2. The average molecular weight is 307 g/mol. The highest BCUT2D eigenvalue weighted by molar-refractivity contribution is 7.87. The number of benzene rings is 1. The van der Waals surface area contributed by atoms with E-state index in [0.717, 1.165) is 5.56 Å². The highest BCUT2D eigenvalue weighted by Gasteiger charge is 2.18. The number of aryl methyl sites for hydroxylation is 1. The first-order valence-electron chi connectivity index (χ1n) is 5.98. The molecular weight excluding hydrogens is 294 g/mol. The standard InChI is InChI=1S/C14H13NO5S/c1-10-3-5-12(6-4-10)21(17,18)20-13-9-11(7-8-15-13)14(16)19-2/h3-9H,1-2H3. The van der Waals surface area contributed by atoms with Crippen molar-refractivity contribution in [3.8, 4) is 5.88 Å². The number of ether oxygens (including phenoxy) is 1. The van der Waals surface area contributed by atoms with Crippen LogP contribution in [0.25, 0.3) is 0 Å². The van der Waals surface area contributed by atoms with Crippen molar-refractivity contribution in [1.29, 1.82) is 0 Å². The molecule has 0 saturated heterocycles. The summed E-state index contributed by atoms with van der Waals surface area (Å²) in [5.41, 5.74) is 1.08. The number of carbonyl (C=O) groups is 1. The number of esters is 1. The molecule has 0 aliphatic heterocycles. The molecule has 0 saturated carbocycles. The number of rotatable bonds is 4. The molecule has 1 aromatic carbocycles. The van der Waals surface area contributed by atoms with E-state index in [9.17, 15) is 13.2 Å². The Hall–Kier alpha value is -2.41. The third kappa shape index (κ3) is 3.57. The van der Waals surface area contributed by atoms with Crippen molar-refractivity contribution in [2.24, 2.45) is 0 Å². The van der Waals surface area contributed by atoms with Crippen LogP contribution < -0.4 is 4.18 Å². The van der Waals surface area contributed by atoms with Crippen molar-refractivity contribution in [3.05, 3.63) is 53.7 Å². The molecule has 0 bridgehead atoms. The van der Waals surface area contributed by atoms with E-state index < -0.39 is 16.1 Å². The Bertz CT molecular complexity index is 753. The summed E-state index contributed by atoms with van der Waals surface area (Å²) in [6.07, 6.45) is 1.27. The normalized spacial score (nSPS) is 11.0. The lowest BCUT2D eigenvalue weighted by Crippen LogP contribution is -2.11. The van der Waals surface area contributed by atoms with Gasteiger partial charge in [0.1, 0.15) is 4.90 Å². The molecule has 0 unspecified atom stereocenters. The Morgan fingerprint density at radius 3 is 2.43 bits per heavy atom. The molecule has 0 fully saturated rings. The summed E-state index contributed by atoms with van der Waals surface area (Å²) in [4.78, 5) is 15.2. The molecule has 0 aliphatic rings. The number of carbonyl (C=O) groups excluding carboxylic acids is 1. The smallest absolute Gasteiger partial charge is 0.340 e. The molecule has 2 aromatic rings. The third-order valence-electron chi connectivity index (χ3n) is 2.66. The number of pyridine rings is 1. The lowest BCUT2D eigenvalue weighted by molar-refractivity contribution is 0.0600. The maximum absolute atomic E-state index is 12.1. The maximum Gasteiger partial charge on any atom is 0.340 e. The zero-order valence-corrected chi connectivity index (χ0v) is 12.3. The summed E-state index contributed by atoms with van der Waals surface area (Å²) in [5, 5.41) is 0. The summed E-state index contributed by atoms with van der Waals surface area (Å²) < 4.78 is 33.6. The first kappa shape index (κ1) is 15.0. The van der Waals surface area contributed by atoms with E-state index in [1.165, 1.54) is 37.6 Å². The summed E-state index contributed by atoms with van der Waals surface area (Å²) in [7, 11) is -2.77. The van der Waals surface area contributed by atoms with Crippen molar-refractivity contribution in [2.75, 3.05) is 7.11 Å². The van der Waals surface area contributed by atoms with Gasteiger partial charge in [0.2, 0.25) is 5.88 Å². The Morgan fingerprint density at radius 2 is 1.81 bits per heavy atom. The summed E-state index contributed by atoms with van der Waals surface area (Å²) in [6, 6.07) is 8.81. The van der Waals surface area contributed by atoms with Gasteiger partial charge in [-0.2, -0.15) is 8.42 Å². The molecule has 0 aliphatic carbocycles. The van der Waals surface area contributed by atoms with Crippen molar-refractivity contribution in [3.63, 3.8) is 0 Å². The maximum atomic E-state index is 12.1. The van der Waals surface area contributed by atoms with Crippen molar-refractivity contribution >= 4 is 16.1 Å². The molecule has 21 heavy (non-hydrogen) atoms. The quantitative estimate of drug-likeness (QED) is 0.634. The number of nitrogens with zero attached hydrogens (tertiary/aromatic N) is 1. The number of hydrogen-bond donors (Lipinski definition) is 0. The van der Waals surface area contributed by atoms with Gasteiger partial charge in [0.25, 0.3) is 0 Å². The fraction of sp³-hybridized carbons (Fsp3) is 0.143. The Kier molecular flexibility index (Phi) is 4.23. The van der Waals surface area contributed by atoms with Gasteiger partial charge < -0.3 is 8.92 Å². The van der Waals surface area contributed by atoms with Crippen LogP contribution in [0.3, 0.4) is 0 Å². The van der Waals surface area contributed by atoms with Gasteiger partial charge in [0, 0.05) is 12.3 Å². The summed E-state index contributed by atoms with van der Waals surface area (Å²) in [5.74, 6) is -0.798. The fourth-order valence-electron chi connectivity index (χ4n) is 1.57. The van der Waals surface area contributed by atoms with Crippen LogP contribution in [0.2, 0.25) is 0 Å². The van der Waals surface area contributed by atoms with E-state index in [1.807, 2.05) is 6.92 Å². The molecule has 7 heteroatoms. The molecule has 110 valence electrons. The second kappa shape index (κ2) is 5.92. The minimum absolute atomic E-state index is 0.0124. The van der Waals surface area contributed by atoms with Crippen LogP contribution in [0.5, 0.6) is 5.88 Å². The fourth-order valence-corrected chi connectivity index (χ4v) is 2.45. The molecule has 0 N–H and O–H groups in total. The van der Waals surface area contributed by atoms with Crippen molar-refractivity contribution in [2.45, 2.75) is 11.8 Å². The van der Waals surface area contributed by atoms with Crippen LogP contribution >= 0.6 is 0 Å². The SMILES string of the molecule is COC(=O)c1ccnc(OS(=O)(=O)c2ccc(C)cc2)c1. The van der Waals surface area contributed by atoms with E-state index >= 15 is 0 Å². The predicted molar refractivity (Wildman–Crippen MR) is 74.6 cm³/mol. The second-order valence-electron chi connectivity index (χ2n) is 4.22. The molecule has 0 atom stereocenters. The van der Waals surface area contributed by atoms with Gasteiger partial charge in [-0.3, -0.25) is 0 Å². The number of aromatic nitrogens is 1. The lowest BCUT2D eigenvalue weighted by atomic mass is 10.2. The monoisotopic (exact) mass is 307 g/mol. The molecule has 0 spiro atoms. The summed E-state index contributed by atoms with van der Waals surface area (Å²) >= 11 is 0. The molecule has 0 radical (unpaired) electrons. The zero-order valence-electron chi connectivity index (χ0n) is 11.4. The van der Waals surface area contributed by atoms with Crippen LogP contribution in [-0.2, 0) is 14.9 Å². The second-order valence-corrected chi connectivity index (χ2v) is 5.77. The Morgan fingerprint density at radius 1 is 1.14 bits per heavy atom. The van der Waals surface area contributed by atoms with Crippen molar-refractivity contribution in [1.82, 2.24) is 4.98 Å². The van der Waals surface area contributed by atoms with Crippen LogP contribution in [0.1, 0.15) is 15.9 Å². The van der Waals surface area contributed by atoms with E-state index in [4.69, 9.17) is 4.18 Å². The van der Waals surface area contributed by atoms with Gasteiger partial charge in [0.05, 0.1) is 12.7 Å². The topological polar surface area (TPSA) is 82.6 Å². The van der Waals surface area contributed by atoms with Gasteiger partial charge in [0.15, 0.2) is 0 Å². The van der Waals surface area contributed by atoms with Gasteiger partial charge in [-0.05, 0) is 25.1 Å². The van der Waals surface area contributed by atoms with E-state index in [1.54, 1.807) is 12.1 Å². The third-order valence-corrected chi connectivity index (χ3v) is 3.90.